The molecule has 0 aliphatic rings. The van der Waals surface area contributed by atoms with Crippen LogP contribution in [-0.4, -0.2) is 9.78 Å². The molecule has 2 N–H and O–H groups in total. The molecule has 0 aliphatic heterocycles. The number of aryl methyl sites for hydroxylation is 1. The minimum Gasteiger partial charge on any atom is -0.322 e. The Morgan fingerprint density at radius 2 is 1.72 bits per heavy atom. The highest BCUT2D eigenvalue weighted by atomic mass is 15.3. The Bertz CT molecular complexity index is 528. The average Bonchev–Trinajstić information content (AvgIpc) is 2.66. The van der Waals surface area contributed by atoms with Crippen LogP contribution in [0.25, 0.3) is 0 Å². The van der Waals surface area contributed by atoms with Crippen molar-refractivity contribution in [1.82, 2.24) is 9.78 Å². The number of benzene rings is 1. The van der Waals surface area contributed by atoms with E-state index in [9.17, 15) is 0 Å². The predicted octanol–water partition coefficient (Wildman–Crippen LogP) is 3.07. The topological polar surface area (TPSA) is 43.8 Å². The summed E-state index contributed by atoms with van der Waals surface area (Å²) in [6.07, 6.45) is 0. The Balaban J connectivity index is 2.31. The Morgan fingerprint density at radius 1 is 1.11 bits per heavy atom. The molecule has 1 aromatic carbocycles. The van der Waals surface area contributed by atoms with Gasteiger partial charge in [-0.25, -0.2) is 0 Å². The van der Waals surface area contributed by atoms with E-state index in [-0.39, 0.29) is 12.1 Å². The van der Waals surface area contributed by atoms with Crippen LogP contribution in [0.5, 0.6) is 0 Å². The summed E-state index contributed by atoms with van der Waals surface area (Å²) in [5.74, 6) is 0. The van der Waals surface area contributed by atoms with Gasteiger partial charge in [-0.3, -0.25) is 4.68 Å². The van der Waals surface area contributed by atoms with Crippen molar-refractivity contribution in [3.05, 3.63) is 52.8 Å². The van der Waals surface area contributed by atoms with E-state index in [4.69, 9.17) is 5.73 Å². The molecule has 2 unspecified atom stereocenters. The molecule has 1 aromatic heterocycles. The second-order valence-corrected chi connectivity index (χ2v) is 4.92. The molecular weight excluding hydrogens is 222 g/mol. The summed E-state index contributed by atoms with van der Waals surface area (Å²) < 4.78 is 2.04. The van der Waals surface area contributed by atoms with Gasteiger partial charge in [0.15, 0.2) is 0 Å². The van der Waals surface area contributed by atoms with Gasteiger partial charge < -0.3 is 5.73 Å². The molecule has 0 radical (unpaired) electrons. The highest BCUT2D eigenvalue weighted by molar-refractivity contribution is 5.24. The Kier molecular flexibility index (Phi) is 3.53. The van der Waals surface area contributed by atoms with Gasteiger partial charge in [-0.05, 0) is 38.8 Å². The third-order valence-electron chi connectivity index (χ3n) is 3.78. The summed E-state index contributed by atoms with van der Waals surface area (Å²) in [5, 5.41) is 4.59. The van der Waals surface area contributed by atoms with Gasteiger partial charge in [-0.2, -0.15) is 5.10 Å². The summed E-state index contributed by atoms with van der Waals surface area (Å²) >= 11 is 0. The van der Waals surface area contributed by atoms with Crippen LogP contribution in [0.1, 0.15) is 41.5 Å². The average molecular weight is 243 g/mol. The Morgan fingerprint density at radius 3 is 2.22 bits per heavy atom. The van der Waals surface area contributed by atoms with Crippen LogP contribution in [0.15, 0.2) is 30.3 Å². The summed E-state index contributed by atoms with van der Waals surface area (Å²) in [6.45, 7) is 8.37. The van der Waals surface area contributed by atoms with Crippen molar-refractivity contribution < 1.29 is 0 Å². The summed E-state index contributed by atoms with van der Waals surface area (Å²) in [4.78, 5) is 0. The van der Waals surface area contributed by atoms with E-state index in [2.05, 4.69) is 38.0 Å². The SMILES string of the molecule is Cc1nn(C(C)C(N)c2ccccc2)c(C)c1C. The molecule has 1 heterocycles. The van der Waals surface area contributed by atoms with E-state index in [0.29, 0.717) is 0 Å². The molecule has 0 saturated heterocycles. The first kappa shape index (κ1) is 12.8. The van der Waals surface area contributed by atoms with Crippen molar-refractivity contribution in [2.24, 2.45) is 5.73 Å². The molecule has 2 rings (SSSR count). The number of rotatable bonds is 3. The summed E-state index contributed by atoms with van der Waals surface area (Å²) in [5.41, 5.74) is 11.0. The molecule has 0 fully saturated rings. The number of nitrogens with two attached hydrogens (primary N) is 1. The monoisotopic (exact) mass is 243 g/mol. The third-order valence-corrected chi connectivity index (χ3v) is 3.78. The molecule has 0 amide bonds. The lowest BCUT2D eigenvalue weighted by atomic mass is 10.0. The number of hydrogen-bond donors (Lipinski definition) is 1. The normalized spacial score (nSPS) is 14.5. The van der Waals surface area contributed by atoms with Gasteiger partial charge in [-0.15, -0.1) is 0 Å². The van der Waals surface area contributed by atoms with Gasteiger partial charge in [0, 0.05) is 5.69 Å². The fourth-order valence-corrected chi connectivity index (χ4v) is 2.25. The van der Waals surface area contributed by atoms with E-state index in [1.165, 1.54) is 11.3 Å². The van der Waals surface area contributed by atoms with E-state index < -0.39 is 0 Å². The molecule has 2 atom stereocenters. The third kappa shape index (κ3) is 2.18. The van der Waals surface area contributed by atoms with Crippen molar-refractivity contribution in [3.8, 4) is 0 Å². The lowest BCUT2D eigenvalue weighted by molar-refractivity contribution is 0.405. The highest BCUT2D eigenvalue weighted by Gasteiger charge is 2.20. The minimum absolute atomic E-state index is 0.0383. The standard InChI is InChI=1S/C15H21N3/c1-10-11(2)17-18(12(10)3)13(4)15(16)14-8-6-5-7-9-14/h5-9,13,15H,16H2,1-4H3. The lowest BCUT2D eigenvalue weighted by Gasteiger charge is -2.22. The zero-order chi connectivity index (χ0) is 13.3. The van der Waals surface area contributed by atoms with Gasteiger partial charge >= 0.3 is 0 Å². The van der Waals surface area contributed by atoms with E-state index in [1.54, 1.807) is 0 Å². The first-order valence-electron chi connectivity index (χ1n) is 6.35. The highest BCUT2D eigenvalue weighted by Crippen LogP contribution is 2.26. The Labute approximate surface area is 109 Å². The van der Waals surface area contributed by atoms with Gasteiger partial charge in [-0.1, -0.05) is 30.3 Å². The smallest absolute Gasteiger partial charge is 0.0686 e. The largest absolute Gasteiger partial charge is 0.322 e. The first-order chi connectivity index (χ1) is 8.52. The molecule has 0 aliphatic carbocycles. The molecule has 0 saturated carbocycles. The zero-order valence-corrected chi connectivity index (χ0v) is 11.5. The fraction of sp³-hybridized carbons (Fsp3) is 0.400. The molecule has 18 heavy (non-hydrogen) atoms. The van der Waals surface area contributed by atoms with Crippen LogP contribution in [0.4, 0.5) is 0 Å². The molecule has 3 heteroatoms. The Hall–Kier alpha value is -1.61. The van der Waals surface area contributed by atoms with Gasteiger partial charge in [0.2, 0.25) is 0 Å². The van der Waals surface area contributed by atoms with Crippen LogP contribution in [0, 0.1) is 20.8 Å². The van der Waals surface area contributed by atoms with Crippen molar-refractivity contribution >= 4 is 0 Å². The predicted molar refractivity (Wildman–Crippen MR) is 74.5 cm³/mol. The molecule has 2 aromatic rings. The van der Waals surface area contributed by atoms with Crippen molar-refractivity contribution in [2.45, 2.75) is 39.8 Å². The molecule has 3 nitrogen and oxygen atoms in total. The van der Waals surface area contributed by atoms with Crippen molar-refractivity contribution in [2.75, 3.05) is 0 Å². The van der Waals surface area contributed by atoms with E-state index >= 15 is 0 Å². The van der Waals surface area contributed by atoms with Gasteiger partial charge in [0.25, 0.3) is 0 Å². The summed E-state index contributed by atoms with van der Waals surface area (Å²) in [6, 6.07) is 10.3. The van der Waals surface area contributed by atoms with Crippen molar-refractivity contribution in [3.63, 3.8) is 0 Å². The molecular formula is C15H21N3. The number of nitrogens with zero attached hydrogens (tertiary/aromatic N) is 2. The zero-order valence-electron chi connectivity index (χ0n) is 11.5. The van der Waals surface area contributed by atoms with Gasteiger partial charge in [0.1, 0.15) is 0 Å². The summed E-state index contributed by atoms with van der Waals surface area (Å²) in [7, 11) is 0. The molecule has 0 bridgehead atoms. The maximum atomic E-state index is 6.34. The van der Waals surface area contributed by atoms with Gasteiger partial charge in [0.05, 0.1) is 17.8 Å². The first-order valence-corrected chi connectivity index (χ1v) is 6.35. The van der Waals surface area contributed by atoms with Crippen LogP contribution in [0.3, 0.4) is 0 Å². The van der Waals surface area contributed by atoms with E-state index in [0.717, 1.165) is 11.3 Å². The number of aromatic nitrogens is 2. The molecule has 0 spiro atoms. The lowest BCUT2D eigenvalue weighted by Crippen LogP contribution is -2.24. The minimum atomic E-state index is -0.0383. The van der Waals surface area contributed by atoms with Crippen LogP contribution >= 0.6 is 0 Å². The second-order valence-electron chi connectivity index (χ2n) is 4.92. The van der Waals surface area contributed by atoms with Crippen molar-refractivity contribution in [1.29, 1.82) is 0 Å². The maximum Gasteiger partial charge on any atom is 0.0686 e. The maximum absolute atomic E-state index is 6.34. The quantitative estimate of drug-likeness (QED) is 0.900. The number of hydrogen-bond acceptors (Lipinski definition) is 2. The fourth-order valence-electron chi connectivity index (χ4n) is 2.25. The van der Waals surface area contributed by atoms with Crippen LogP contribution in [0.2, 0.25) is 0 Å². The van der Waals surface area contributed by atoms with Crippen LogP contribution < -0.4 is 5.73 Å². The van der Waals surface area contributed by atoms with Crippen LogP contribution in [-0.2, 0) is 0 Å². The second kappa shape index (κ2) is 4.94. The van der Waals surface area contributed by atoms with E-state index in [1.807, 2.05) is 29.8 Å². The molecule has 96 valence electrons.